The van der Waals surface area contributed by atoms with Crippen LogP contribution in [0.25, 0.3) is 0 Å². The lowest BCUT2D eigenvalue weighted by molar-refractivity contribution is 0.0518. The lowest BCUT2D eigenvalue weighted by atomic mass is 9.90. The number of nitrogens with zero attached hydrogens (tertiary/aromatic N) is 1. The molecule has 21 heavy (non-hydrogen) atoms. The summed E-state index contributed by atoms with van der Waals surface area (Å²) in [6.07, 6.45) is 6.07. The summed E-state index contributed by atoms with van der Waals surface area (Å²) in [6, 6.07) is 0.859. The third-order valence-corrected chi connectivity index (χ3v) is 4.25. The Morgan fingerprint density at radius 2 is 1.86 bits per heavy atom. The molecule has 2 unspecified atom stereocenters. The van der Waals surface area contributed by atoms with Crippen LogP contribution in [0.3, 0.4) is 0 Å². The fourth-order valence-electron chi connectivity index (χ4n) is 2.92. The Labute approximate surface area is 133 Å². The second-order valence-corrected chi connectivity index (χ2v) is 6.81. The number of hydrogen-bond donors (Lipinski definition) is 1. The molecule has 0 aliphatic rings. The maximum Gasteiger partial charge on any atom is 0.0408 e. The Bertz CT molecular complexity index is 366. The Balaban J connectivity index is 5.11. The molecule has 0 bridgehead atoms. The van der Waals surface area contributed by atoms with E-state index in [2.05, 4.69) is 71.8 Å². The molecule has 0 spiro atoms. The molecule has 0 rings (SSSR count). The summed E-state index contributed by atoms with van der Waals surface area (Å²) in [5.41, 5.74) is 2.48. The van der Waals surface area contributed by atoms with E-state index in [-0.39, 0.29) is 5.54 Å². The Morgan fingerprint density at radius 1 is 1.29 bits per heavy atom. The van der Waals surface area contributed by atoms with E-state index in [0.717, 1.165) is 25.1 Å². The van der Waals surface area contributed by atoms with Crippen molar-refractivity contribution in [1.29, 1.82) is 0 Å². The lowest BCUT2D eigenvalue weighted by Gasteiger charge is -2.47. The lowest BCUT2D eigenvalue weighted by Crippen LogP contribution is -2.59. The smallest absolute Gasteiger partial charge is 0.0408 e. The minimum absolute atomic E-state index is 0.0706. The summed E-state index contributed by atoms with van der Waals surface area (Å²) in [5, 5.41) is 3.59. The molecular weight excluding hydrogens is 256 g/mol. The standard InChI is InChI=1S/C19H36N2/c1-10-12-16(5)20-18(7)19(8,9)21(13-11-2)17(6)14-15(3)4/h10,12,17-18,20H,1,3,11,13-14H2,2,4-9H3/b16-12+. The molecule has 0 aromatic rings. The van der Waals surface area contributed by atoms with Crippen LogP contribution in [0.2, 0.25) is 0 Å². The molecule has 0 aliphatic heterocycles. The van der Waals surface area contributed by atoms with E-state index >= 15 is 0 Å². The molecular formula is C19H36N2. The molecule has 0 aliphatic carbocycles. The van der Waals surface area contributed by atoms with Crippen LogP contribution in [0.15, 0.2) is 36.6 Å². The topological polar surface area (TPSA) is 15.3 Å². The molecule has 0 fully saturated rings. The van der Waals surface area contributed by atoms with Crippen LogP contribution in [-0.2, 0) is 0 Å². The highest BCUT2D eigenvalue weighted by Gasteiger charge is 2.34. The van der Waals surface area contributed by atoms with Crippen LogP contribution in [0.4, 0.5) is 0 Å². The van der Waals surface area contributed by atoms with E-state index in [1.54, 1.807) is 0 Å². The summed E-state index contributed by atoms with van der Waals surface area (Å²) in [5.74, 6) is 0. The minimum atomic E-state index is 0.0706. The molecule has 2 heteroatoms. The van der Waals surface area contributed by atoms with E-state index < -0.39 is 0 Å². The van der Waals surface area contributed by atoms with Gasteiger partial charge in [0.25, 0.3) is 0 Å². The molecule has 0 heterocycles. The number of hydrogen-bond acceptors (Lipinski definition) is 2. The van der Waals surface area contributed by atoms with Crippen LogP contribution < -0.4 is 5.32 Å². The summed E-state index contributed by atoms with van der Waals surface area (Å²) >= 11 is 0. The minimum Gasteiger partial charge on any atom is -0.384 e. The summed E-state index contributed by atoms with van der Waals surface area (Å²) < 4.78 is 0. The van der Waals surface area contributed by atoms with E-state index in [0.29, 0.717) is 12.1 Å². The molecule has 2 nitrogen and oxygen atoms in total. The fourth-order valence-corrected chi connectivity index (χ4v) is 2.92. The third kappa shape index (κ3) is 6.52. The predicted octanol–water partition coefficient (Wildman–Crippen LogP) is 4.90. The monoisotopic (exact) mass is 292 g/mol. The van der Waals surface area contributed by atoms with Gasteiger partial charge in [-0.1, -0.05) is 25.2 Å². The van der Waals surface area contributed by atoms with Gasteiger partial charge in [-0.3, -0.25) is 4.90 Å². The van der Waals surface area contributed by atoms with Crippen molar-refractivity contribution in [2.45, 2.75) is 78.9 Å². The average Bonchev–Trinajstić information content (AvgIpc) is 2.34. The number of allylic oxidation sites excluding steroid dienone is 3. The largest absolute Gasteiger partial charge is 0.384 e. The Hall–Kier alpha value is -1.02. The summed E-state index contributed by atoms with van der Waals surface area (Å²) in [6.45, 7) is 24.6. The molecule has 0 saturated carbocycles. The Kier molecular flexibility index (Phi) is 8.65. The molecule has 0 saturated heterocycles. The average molecular weight is 293 g/mol. The van der Waals surface area contributed by atoms with E-state index in [4.69, 9.17) is 0 Å². The van der Waals surface area contributed by atoms with Gasteiger partial charge in [-0.25, -0.2) is 0 Å². The Morgan fingerprint density at radius 3 is 2.29 bits per heavy atom. The van der Waals surface area contributed by atoms with Gasteiger partial charge in [0.2, 0.25) is 0 Å². The van der Waals surface area contributed by atoms with Gasteiger partial charge in [0.15, 0.2) is 0 Å². The molecule has 0 amide bonds. The molecule has 122 valence electrons. The van der Waals surface area contributed by atoms with E-state index in [1.165, 1.54) is 5.57 Å². The van der Waals surface area contributed by atoms with Gasteiger partial charge in [0, 0.05) is 23.3 Å². The van der Waals surface area contributed by atoms with Crippen molar-refractivity contribution in [2.75, 3.05) is 6.54 Å². The van der Waals surface area contributed by atoms with E-state index in [9.17, 15) is 0 Å². The van der Waals surface area contributed by atoms with Crippen molar-refractivity contribution in [3.63, 3.8) is 0 Å². The molecule has 2 atom stereocenters. The van der Waals surface area contributed by atoms with Gasteiger partial charge >= 0.3 is 0 Å². The molecule has 1 N–H and O–H groups in total. The molecule has 0 radical (unpaired) electrons. The fraction of sp³-hybridized carbons (Fsp3) is 0.684. The van der Waals surface area contributed by atoms with Gasteiger partial charge < -0.3 is 5.32 Å². The van der Waals surface area contributed by atoms with Crippen molar-refractivity contribution >= 4 is 0 Å². The van der Waals surface area contributed by atoms with E-state index in [1.807, 2.05) is 12.2 Å². The van der Waals surface area contributed by atoms with Crippen LogP contribution >= 0.6 is 0 Å². The van der Waals surface area contributed by atoms with Gasteiger partial charge in [-0.05, 0) is 67.0 Å². The first kappa shape index (κ1) is 20.0. The van der Waals surface area contributed by atoms with Gasteiger partial charge in [0.05, 0.1) is 0 Å². The van der Waals surface area contributed by atoms with Crippen molar-refractivity contribution in [1.82, 2.24) is 10.2 Å². The van der Waals surface area contributed by atoms with Crippen LogP contribution in [-0.4, -0.2) is 29.1 Å². The SMILES string of the molecule is C=C/C=C(\C)NC(C)C(C)(C)N(CCC)C(C)CC(=C)C. The first-order valence-corrected chi connectivity index (χ1v) is 8.13. The van der Waals surface area contributed by atoms with Crippen LogP contribution in [0.5, 0.6) is 0 Å². The van der Waals surface area contributed by atoms with Crippen molar-refractivity contribution < 1.29 is 0 Å². The highest BCUT2D eigenvalue weighted by Crippen LogP contribution is 2.25. The zero-order chi connectivity index (χ0) is 16.6. The van der Waals surface area contributed by atoms with Crippen molar-refractivity contribution in [2.24, 2.45) is 0 Å². The molecule has 0 aromatic heterocycles. The quantitative estimate of drug-likeness (QED) is 0.455. The number of nitrogens with one attached hydrogen (secondary N) is 1. The zero-order valence-corrected chi connectivity index (χ0v) is 15.3. The highest BCUT2D eigenvalue weighted by atomic mass is 15.2. The van der Waals surface area contributed by atoms with Crippen molar-refractivity contribution in [3.8, 4) is 0 Å². The third-order valence-electron chi connectivity index (χ3n) is 4.25. The molecule has 0 aromatic carbocycles. The predicted molar refractivity (Wildman–Crippen MR) is 96.5 cm³/mol. The van der Waals surface area contributed by atoms with Gasteiger partial charge in [-0.15, -0.1) is 6.58 Å². The number of rotatable bonds is 10. The van der Waals surface area contributed by atoms with Gasteiger partial charge in [0.1, 0.15) is 0 Å². The van der Waals surface area contributed by atoms with Gasteiger partial charge in [-0.2, -0.15) is 0 Å². The maximum absolute atomic E-state index is 4.07. The second kappa shape index (κ2) is 9.09. The first-order chi connectivity index (χ1) is 9.66. The maximum atomic E-state index is 4.07. The normalized spacial score (nSPS) is 15.7. The summed E-state index contributed by atoms with van der Waals surface area (Å²) in [7, 11) is 0. The zero-order valence-electron chi connectivity index (χ0n) is 15.3. The highest BCUT2D eigenvalue weighted by molar-refractivity contribution is 5.09. The van der Waals surface area contributed by atoms with Crippen molar-refractivity contribution in [3.05, 3.63) is 36.6 Å². The van der Waals surface area contributed by atoms with Crippen LogP contribution in [0, 0.1) is 0 Å². The van der Waals surface area contributed by atoms with Crippen LogP contribution in [0.1, 0.15) is 61.3 Å². The first-order valence-electron chi connectivity index (χ1n) is 8.13. The summed E-state index contributed by atoms with van der Waals surface area (Å²) in [4.78, 5) is 2.61. The second-order valence-electron chi connectivity index (χ2n) is 6.81.